The molecule has 1 aromatic carbocycles. The second kappa shape index (κ2) is 5.86. The minimum absolute atomic E-state index is 0.236. The van der Waals surface area contributed by atoms with Crippen LogP contribution in [0.15, 0.2) is 45.0 Å². The molecule has 0 aliphatic heterocycles. The van der Waals surface area contributed by atoms with Crippen LogP contribution in [0, 0.1) is 0 Å². The van der Waals surface area contributed by atoms with E-state index in [9.17, 15) is 19.2 Å². The summed E-state index contributed by atoms with van der Waals surface area (Å²) in [4.78, 5) is 53.2. The number of nitrogens with zero attached hydrogens (tertiary/aromatic N) is 4. The molecule has 0 aliphatic carbocycles. The maximum Gasteiger partial charge on any atom is 0.332 e. The predicted octanol–water partition coefficient (Wildman–Crippen LogP) is -0.741. The molecule has 9 nitrogen and oxygen atoms in total. The molecular weight excluding hydrogens is 326 g/mol. The van der Waals surface area contributed by atoms with Crippen molar-refractivity contribution in [2.24, 2.45) is 14.1 Å². The molecular formula is C16H15N5O4. The van der Waals surface area contributed by atoms with Gasteiger partial charge in [0, 0.05) is 14.1 Å². The minimum atomic E-state index is -0.799. The Balaban J connectivity index is 2.11. The SMILES string of the molecule is Cn1c(N)c(C(=O)Cn2cnc3ccccc3c2=O)c(=O)n(C)c1=O. The highest BCUT2D eigenvalue weighted by molar-refractivity contribution is 5.99. The van der Waals surface area contributed by atoms with E-state index in [0.717, 1.165) is 13.7 Å². The molecule has 3 aromatic rings. The molecule has 0 fully saturated rings. The number of Topliss-reactive ketones (excluding diaryl/α,β-unsaturated/α-hetero) is 1. The Morgan fingerprint density at radius 2 is 1.76 bits per heavy atom. The zero-order valence-electron chi connectivity index (χ0n) is 13.6. The number of nitrogen functional groups attached to an aromatic ring is 1. The van der Waals surface area contributed by atoms with Crippen LogP contribution < -0.4 is 22.5 Å². The summed E-state index contributed by atoms with van der Waals surface area (Å²) in [5.41, 5.74) is 4.10. The summed E-state index contributed by atoms with van der Waals surface area (Å²) in [6.45, 7) is -0.408. The lowest BCUT2D eigenvalue weighted by atomic mass is 10.2. The molecule has 0 saturated heterocycles. The van der Waals surface area contributed by atoms with Gasteiger partial charge < -0.3 is 5.73 Å². The minimum Gasteiger partial charge on any atom is -0.384 e. The third-order valence-corrected chi connectivity index (χ3v) is 4.03. The van der Waals surface area contributed by atoms with E-state index in [-0.39, 0.29) is 11.4 Å². The molecule has 0 bridgehead atoms. The molecule has 3 rings (SSSR count). The summed E-state index contributed by atoms with van der Waals surface area (Å²) >= 11 is 0. The third-order valence-electron chi connectivity index (χ3n) is 4.03. The number of nitrogens with two attached hydrogens (primary N) is 1. The zero-order valence-corrected chi connectivity index (χ0v) is 13.6. The van der Waals surface area contributed by atoms with Crippen molar-refractivity contribution >= 4 is 22.5 Å². The van der Waals surface area contributed by atoms with Crippen LogP contribution in [0.5, 0.6) is 0 Å². The Morgan fingerprint density at radius 1 is 1.08 bits per heavy atom. The molecule has 0 amide bonds. The average Bonchev–Trinajstić information content (AvgIpc) is 2.61. The highest BCUT2D eigenvalue weighted by Crippen LogP contribution is 2.07. The van der Waals surface area contributed by atoms with Crippen molar-refractivity contribution in [3.05, 3.63) is 67.3 Å². The third kappa shape index (κ3) is 2.55. The number of ketones is 1. The van der Waals surface area contributed by atoms with Gasteiger partial charge in [-0.25, -0.2) is 9.78 Å². The van der Waals surface area contributed by atoms with Crippen LogP contribution in [0.4, 0.5) is 5.82 Å². The van der Waals surface area contributed by atoms with Gasteiger partial charge in [-0.2, -0.15) is 0 Å². The normalized spacial score (nSPS) is 11.0. The number of benzene rings is 1. The van der Waals surface area contributed by atoms with Gasteiger partial charge in [0.25, 0.3) is 11.1 Å². The van der Waals surface area contributed by atoms with E-state index in [1.807, 2.05) is 0 Å². The van der Waals surface area contributed by atoms with Crippen LogP contribution in [-0.2, 0) is 20.6 Å². The summed E-state index contributed by atoms with van der Waals surface area (Å²) in [5, 5.41) is 0.360. The van der Waals surface area contributed by atoms with Crippen LogP contribution in [0.25, 0.3) is 10.9 Å². The van der Waals surface area contributed by atoms with Gasteiger partial charge >= 0.3 is 5.69 Å². The average molecular weight is 341 g/mol. The monoisotopic (exact) mass is 341 g/mol. The molecule has 0 spiro atoms. The Bertz CT molecular complexity index is 1190. The van der Waals surface area contributed by atoms with Gasteiger partial charge in [0.1, 0.15) is 11.4 Å². The first-order valence-electron chi connectivity index (χ1n) is 7.35. The fourth-order valence-electron chi connectivity index (χ4n) is 2.57. The van der Waals surface area contributed by atoms with Crippen molar-refractivity contribution in [3.63, 3.8) is 0 Å². The fraction of sp³-hybridized carbons (Fsp3) is 0.188. The molecule has 0 aliphatic rings. The quantitative estimate of drug-likeness (QED) is 0.626. The predicted molar refractivity (Wildman–Crippen MR) is 91.7 cm³/mol. The number of carbonyl (C=O) groups excluding carboxylic acids is 1. The molecule has 25 heavy (non-hydrogen) atoms. The molecule has 2 heterocycles. The largest absolute Gasteiger partial charge is 0.384 e. The van der Waals surface area contributed by atoms with Gasteiger partial charge in [-0.3, -0.25) is 28.1 Å². The molecule has 2 N–H and O–H groups in total. The number of carbonyl (C=O) groups is 1. The molecule has 0 radical (unpaired) electrons. The number of aromatic nitrogens is 4. The number of hydrogen-bond donors (Lipinski definition) is 1. The summed E-state index contributed by atoms with van der Waals surface area (Å²) in [5.74, 6) is -0.909. The Kier molecular flexibility index (Phi) is 3.84. The van der Waals surface area contributed by atoms with Crippen LogP contribution in [-0.4, -0.2) is 24.5 Å². The van der Waals surface area contributed by atoms with E-state index in [4.69, 9.17) is 5.73 Å². The van der Waals surface area contributed by atoms with Crippen LogP contribution in [0.2, 0.25) is 0 Å². The molecule has 9 heteroatoms. The summed E-state index contributed by atoms with van der Waals surface area (Å²) in [7, 11) is 2.61. The number of para-hydroxylation sites is 1. The molecule has 0 atom stereocenters. The highest BCUT2D eigenvalue weighted by atomic mass is 16.2. The maximum absolute atomic E-state index is 12.6. The topological polar surface area (TPSA) is 122 Å². The number of hydrogen-bond acceptors (Lipinski definition) is 6. The standard InChI is InChI=1S/C16H15N5O4/c1-19-13(17)12(15(24)20(2)16(19)25)11(22)7-21-8-18-10-6-4-3-5-9(10)14(21)23/h3-6,8H,7,17H2,1-2H3. The second-order valence-corrected chi connectivity index (χ2v) is 5.58. The second-order valence-electron chi connectivity index (χ2n) is 5.58. The number of rotatable bonds is 3. The van der Waals surface area contributed by atoms with Gasteiger partial charge in [-0.15, -0.1) is 0 Å². The van der Waals surface area contributed by atoms with E-state index in [0.29, 0.717) is 10.9 Å². The van der Waals surface area contributed by atoms with Gasteiger partial charge in [0.2, 0.25) is 0 Å². The van der Waals surface area contributed by atoms with Crippen LogP contribution in [0.3, 0.4) is 0 Å². The lowest BCUT2D eigenvalue weighted by molar-refractivity contribution is 0.0968. The van der Waals surface area contributed by atoms with Crippen molar-refractivity contribution in [2.75, 3.05) is 5.73 Å². The van der Waals surface area contributed by atoms with Crippen molar-refractivity contribution in [2.45, 2.75) is 6.54 Å². The van der Waals surface area contributed by atoms with Gasteiger partial charge in [0.05, 0.1) is 23.8 Å². The van der Waals surface area contributed by atoms with E-state index in [2.05, 4.69) is 4.98 Å². The highest BCUT2D eigenvalue weighted by Gasteiger charge is 2.21. The van der Waals surface area contributed by atoms with Gasteiger partial charge in [0.15, 0.2) is 5.78 Å². The lowest BCUT2D eigenvalue weighted by Crippen LogP contribution is -2.42. The summed E-state index contributed by atoms with van der Waals surface area (Å²) in [6.07, 6.45) is 1.24. The van der Waals surface area contributed by atoms with Crippen LogP contribution >= 0.6 is 0 Å². The van der Waals surface area contributed by atoms with Gasteiger partial charge in [-0.05, 0) is 12.1 Å². The zero-order chi connectivity index (χ0) is 18.3. The van der Waals surface area contributed by atoms with Crippen molar-refractivity contribution in [1.29, 1.82) is 0 Å². The van der Waals surface area contributed by atoms with E-state index in [1.165, 1.54) is 20.4 Å². The van der Waals surface area contributed by atoms with E-state index >= 15 is 0 Å². The summed E-state index contributed by atoms with van der Waals surface area (Å²) < 4.78 is 2.91. The first kappa shape index (κ1) is 16.4. The first-order chi connectivity index (χ1) is 11.8. The summed E-state index contributed by atoms with van der Waals surface area (Å²) in [6, 6.07) is 6.73. The number of fused-ring (bicyclic) bond motifs is 1. The Morgan fingerprint density at radius 3 is 2.48 bits per heavy atom. The molecule has 128 valence electrons. The van der Waals surface area contributed by atoms with E-state index < -0.39 is 29.1 Å². The molecule has 0 saturated carbocycles. The maximum atomic E-state index is 12.6. The lowest BCUT2D eigenvalue weighted by Gasteiger charge is -2.11. The first-order valence-corrected chi connectivity index (χ1v) is 7.35. The van der Waals surface area contributed by atoms with Gasteiger partial charge in [-0.1, -0.05) is 12.1 Å². The fourth-order valence-corrected chi connectivity index (χ4v) is 2.57. The van der Waals surface area contributed by atoms with Crippen molar-refractivity contribution in [1.82, 2.24) is 18.7 Å². The molecule has 0 unspecified atom stereocenters. The van der Waals surface area contributed by atoms with E-state index in [1.54, 1.807) is 24.3 Å². The molecule has 2 aromatic heterocycles. The smallest absolute Gasteiger partial charge is 0.332 e. The van der Waals surface area contributed by atoms with Crippen molar-refractivity contribution in [3.8, 4) is 0 Å². The number of anilines is 1. The Hall–Kier alpha value is -3.49. The van der Waals surface area contributed by atoms with Crippen LogP contribution in [0.1, 0.15) is 10.4 Å². The Labute approximate surface area is 140 Å². The van der Waals surface area contributed by atoms with Crippen molar-refractivity contribution < 1.29 is 4.79 Å².